The van der Waals surface area contributed by atoms with E-state index in [-0.39, 0.29) is 23.3 Å². The summed E-state index contributed by atoms with van der Waals surface area (Å²) in [5.74, 6) is 3.07. The molecule has 3 fully saturated rings. The Bertz CT molecular complexity index is 880. The topological polar surface area (TPSA) is 90.8 Å². The fourth-order valence-corrected chi connectivity index (χ4v) is 6.13. The number of nitrogens with one attached hydrogen (secondary N) is 1. The zero-order chi connectivity index (χ0) is 27.1. The summed E-state index contributed by atoms with van der Waals surface area (Å²) < 4.78 is 5.29. The minimum Gasteiger partial charge on any atom is -0.393 e. The number of hydrogen-bond acceptors (Lipinski definition) is 7. The Morgan fingerprint density at radius 1 is 1.03 bits per heavy atom. The van der Waals surface area contributed by atoms with Crippen molar-refractivity contribution in [2.75, 3.05) is 51.3 Å². The first-order chi connectivity index (χ1) is 18.2. The molecule has 2 N–H and O–H groups in total. The van der Waals surface area contributed by atoms with Crippen molar-refractivity contribution in [2.24, 2.45) is 11.8 Å². The smallest absolute Gasteiger partial charge is 0.223 e. The minimum absolute atomic E-state index is 0.0824. The number of aliphatic hydroxyl groups excluding tert-OH is 1. The van der Waals surface area contributed by atoms with E-state index in [1.54, 1.807) is 7.11 Å². The van der Waals surface area contributed by atoms with Crippen LogP contribution in [0.15, 0.2) is 6.07 Å². The highest BCUT2D eigenvalue weighted by atomic mass is 16.5. The molecule has 1 amide bonds. The zero-order valence-corrected chi connectivity index (χ0v) is 24.3. The van der Waals surface area contributed by atoms with E-state index >= 15 is 0 Å². The van der Waals surface area contributed by atoms with Crippen LogP contribution in [0.25, 0.3) is 0 Å². The Balaban J connectivity index is 1.18. The zero-order valence-electron chi connectivity index (χ0n) is 24.3. The van der Waals surface area contributed by atoms with Crippen molar-refractivity contribution in [1.29, 1.82) is 0 Å². The predicted octanol–water partition coefficient (Wildman–Crippen LogP) is 3.70. The Morgan fingerprint density at radius 2 is 1.71 bits per heavy atom. The van der Waals surface area contributed by atoms with Crippen molar-refractivity contribution in [3.8, 4) is 0 Å². The molecule has 1 saturated heterocycles. The molecule has 4 rings (SSSR count). The van der Waals surface area contributed by atoms with Gasteiger partial charge in [-0.1, -0.05) is 20.8 Å². The normalized spacial score (nSPS) is 27.3. The molecule has 0 bridgehead atoms. The molecule has 3 aliphatic rings. The highest BCUT2D eigenvalue weighted by Gasteiger charge is 2.29. The lowest BCUT2D eigenvalue weighted by Crippen LogP contribution is -2.47. The summed E-state index contributed by atoms with van der Waals surface area (Å²) in [5, 5.41) is 13.0. The number of methoxy groups -OCH3 is 1. The molecule has 2 saturated carbocycles. The number of amides is 1. The second-order valence-electron chi connectivity index (χ2n) is 12.9. The van der Waals surface area contributed by atoms with Crippen molar-refractivity contribution in [3.05, 3.63) is 17.6 Å². The molecular formula is C30H51N5O3. The fourth-order valence-electron chi connectivity index (χ4n) is 6.13. The quantitative estimate of drug-likeness (QED) is 0.504. The van der Waals surface area contributed by atoms with Crippen LogP contribution in [0.2, 0.25) is 0 Å². The van der Waals surface area contributed by atoms with E-state index in [9.17, 15) is 9.90 Å². The number of hydrogen-bond donors (Lipinski definition) is 2. The number of piperazine rings is 1. The lowest BCUT2D eigenvalue weighted by Gasteiger charge is -2.37. The van der Waals surface area contributed by atoms with Crippen LogP contribution in [0, 0.1) is 11.8 Å². The summed E-state index contributed by atoms with van der Waals surface area (Å²) in [6.07, 6.45) is 9.71. The van der Waals surface area contributed by atoms with Crippen LogP contribution in [-0.2, 0) is 21.4 Å². The lowest BCUT2D eigenvalue weighted by molar-refractivity contribution is -0.127. The van der Waals surface area contributed by atoms with Gasteiger partial charge in [0.25, 0.3) is 0 Å². The summed E-state index contributed by atoms with van der Waals surface area (Å²) >= 11 is 0. The van der Waals surface area contributed by atoms with Gasteiger partial charge in [0.05, 0.1) is 12.7 Å². The number of carbonyl (C=O) groups excluding carboxylic acids is 1. The van der Waals surface area contributed by atoms with Crippen LogP contribution in [0.3, 0.4) is 0 Å². The summed E-state index contributed by atoms with van der Waals surface area (Å²) in [6.45, 7) is 12.5. The molecule has 0 unspecified atom stereocenters. The number of anilines is 1. The van der Waals surface area contributed by atoms with Gasteiger partial charge in [0, 0.05) is 68.8 Å². The van der Waals surface area contributed by atoms with Crippen molar-refractivity contribution in [2.45, 2.75) is 103 Å². The molecule has 0 spiro atoms. The third-order valence-corrected chi connectivity index (χ3v) is 8.81. The van der Waals surface area contributed by atoms with Crippen LogP contribution < -0.4 is 10.2 Å². The van der Waals surface area contributed by atoms with E-state index in [1.807, 2.05) is 0 Å². The van der Waals surface area contributed by atoms with Crippen molar-refractivity contribution in [3.63, 3.8) is 0 Å². The summed E-state index contributed by atoms with van der Waals surface area (Å²) in [6, 6.07) is 2.49. The molecule has 0 radical (unpaired) electrons. The Kier molecular flexibility index (Phi) is 10.4. The van der Waals surface area contributed by atoms with Gasteiger partial charge in [0.2, 0.25) is 5.91 Å². The highest BCUT2D eigenvalue weighted by Crippen LogP contribution is 2.29. The number of rotatable bonds is 9. The highest BCUT2D eigenvalue weighted by molar-refractivity contribution is 5.79. The van der Waals surface area contributed by atoms with Crippen LogP contribution in [0.5, 0.6) is 0 Å². The number of aliphatic hydroxyl groups is 1. The Morgan fingerprint density at radius 3 is 2.34 bits per heavy atom. The van der Waals surface area contributed by atoms with Crippen molar-refractivity contribution >= 4 is 11.7 Å². The van der Waals surface area contributed by atoms with Crippen LogP contribution in [0.1, 0.15) is 90.1 Å². The van der Waals surface area contributed by atoms with Gasteiger partial charge in [-0.05, 0) is 70.3 Å². The molecule has 8 nitrogen and oxygen atoms in total. The fraction of sp³-hybridized carbons (Fsp3) is 0.833. The molecule has 2 heterocycles. The van der Waals surface area contributed by atoms with Gasteiger partial charge in [-0.3, -0.25) is 9.69 Å². The minimum atomic E-state index is -0.204. The van der Waals surface area contributed by atoms with Crippen LogP contribution in [0.4, 0.5) is 5.82 Å². The summed E-state index contributed by atoms with van der Waals surface area (Å²) in [7, 11) is 1.74. The molecule has 1 aromatic rings. The number of nitrogens with zero attached hydrogens (tertiary/aromatic N) is 4. The van der Waals surface area contributed by atoms with E-state index < -0.39 is 0 Å². The molecule has 1 aliphatic heterocycles. The maximum atomic E-state index is 12.6. The maximum absolute atomic E-state index is 12.6. The number of carbonyl (C=O) groups is 1. The van der Waals surface area contributed by atoms with Crippen molar-refractivity contribution in [1.82, 2.24) is 20.2 Å². The first-order valence-electron chi connectivity index (χ1n) is 15.0. The van der Waals surface area contributed by atoms with E-state index in [2.05, 4.69) is 42.0 Å². The summed E-state index contributed by atoms with van der Waals surface area (Å²) in [4.78, 5) is 27.4. The molecule has 0 aromatic carbocycles. The molecule has 8 heteroatoms. The third kappa shape index (κ3) is 8.36. The van der Waals surface area contributed by atoms with Crippen LogP contribution >= 0.6 is 0 Å². The van der Waals surface area contributed by atoms with Crippen LogP contribution in [-0.4, -0.2) is 84.5 Å². The van der Waals surface area contributed by atoms with Gasteiger partial charge in [-0.25, -0.2) is 9.97 Å². The molecule has 38 heavy (non-hydrogen) atoms. The average Bonchev–Trinajstić information content (AvgIpc) is 2.91. The second kappa shape index (κ2) is 13.5. The first-order valence-corrected chi connectivity index (χ1v) is 15.0. The maximum Gasteiger partial charge on any atom is 0.223 e. The molecule has 2 aliphatic carbocycles. The Hall–Kier alpha value is -1.77. The Labute approximate surface area is 229 Å². The SMILES string of the molecule is COCCc1cc(N2CCN(CC[C@H]3CC[C@@H](NC(=O)[C@H]4CC[C@@H](O)CC4)CC3)CC2)nc(C(C)(C)C)n1. The van der Waals surface area contributed by atoms with E-state index in [0.29, 0.717) is 12.6 Å². The van der Waals surface area contributed by atoms with Gasteiger partial charge in [-0.2, -0.15) is 0 Å². The monoisotopic (exact) mass is 529 g/mol. The third-order valence-electron chi connectivity index (χ3n) is 8.81. The largest absolute Gasteiger partial charge is 0.393 e. The van der Waals surface area contributed by atoms with Gasteiger partial charge < -0.3 is 20.1 Å². The standard InChI is InChI=1S/C30H51N5O3/c1-30(2,3)29-32-25(14-20-38-4)21-27(33-29)35-18-16-34(17-19-35)15-13-22-5-9-24(10-6-22)31-28(37)23-7-11-26(36)12-8-23/h21-24,26,36H,5-20H2,1-4H3,(H,31,37)/t22-,23-,24+,26+. The number of ether oxygens (including phenoxy) is 1. The van der Waals surface area contributed by atoms with Gasteiger partial charge >= 0.3 is 0 Å². The lowest BCUT2D eigenvalue weighted by atomic mass is 9.83. The molecule has 0 atom stereocenters. The van der Waals surface area contributed by atoms with Gasteiger partial charge in [0.15, 0.2) is 0 Å². The van der Waals surface area contributed by atoms with Crippen molar-refractivity contribution < 1.29 is 14.6 Å². The second-order valence-corrected chi connectivity index (χ2v) is 12.9. The van der Waals surface area contributed by atoms with Gasteiger partial charge in [-0.15, -0.1) is 0 Å². The van der Waals surface area contributed by atoms with E-state index in [1.165, 1.54) is 19.3 Å². The molecular weight excluding hydrogens is 478 g/mol. The molecule has 1 aromatic heterocycles. The first kappa shape index (κ1) is 29.2. The summed E-state index contributed by atoms with van der Waals surface area (Å²) in [5.41, 5.74) is 0.981. The van der Waals surface area contributed by atoms with E-state index in [0.717, 1.165) is 101 Å². The van der Waals surface area contributed by atoms with E-state index in [4.69, 9.17) is 14.7 Å². The predicted molar refractivity (Wildman–Crippen MR) is 151 cm³/mol. The average molecular weight is 530 g/mol. The van der Waals surface area contributed by atoms with Gasteiger partial charge in [0.1, 0.15) is 11.6 Å². The number of aromatic nitrogens is 2. The molecule has 214 valence electrons.